The highest BCUT2D eigenvalue weighted by Gasteiger charge is 2.25. The number of ether oxygens (including phenoxy) is 3. The number of hydrogen-bond acceptors (Lipinski definition) is 9. The first-order chi connectivity index (χ1) is 17.8. The zero-order chi connectivity index (χ0) is 26.5. The van der Waals surface area contributed by atoms with Crippen molar-refractivity contribution >= 4 is 44.6 Å². The molecular formula is C24H24BrN5O7. The molecule has 0 bridgehead atoms. The van der Waals surface area contributed by atoms with E-state index in [0.29, 0.717) is 55.0 Å². The van der Waals surface area contributed by atoms with Gasteiger partial charge in [0.1, 0.15) is 5.82 Å². The summed E-state index contributed by atoms with van der Waals surface area (Å²) in [5.41, 5.74) is 0.0577. The van der Waals surface area contributed by atoms with Crippen LogP contribution in [0.4, 0.5) is 5.69 Å². The highest BCUT2D eigenvalue weighted by molar-refractivity contribution is 9.10. The zero-order valence-corrected chi connectivity index (χ0v) is 21.8. The van der Waals surface area contributed by atoms with Crippen molar-refractivity contribution in [2.75, 3.05) is 40.0 Å². The van der Waals surface area contributed by atoms with E-state index in [4.69, 9.17) is 14.2 Å². The van der Waals surface area contributed by atoms with Crippen LogP contribution >= 0.6 is 15.9 Å². The van der Waals surface area contributed by atoms with Gasteiger partial charge in [-0.1, -0.05) is 22.9 Å². The number of rotatable bonds is 8. The molecular weight excluding hydrogens is 550 g/mol. The van der Waals surface area contributed by atoms with Crippen LogP contribution in [0.15, 0.2) is 44.7 Å². The van der Waals surface area contributed by atoms with Crippen LogP contribution in [-0.4, -0.2) is 71.6 Å². The molecule has 0 aliphatic carbocycles. The van der Waals surface area contributed by atoms with E-state index >= 15 is 0 Å². The molecule has 0 radical (unpaired) electrons. The Morgan fingerprint density at radius 3 is 2.73 bits per heavy atom. The fourth-order valence-electron chi connectivity index (χ4n) is 3.82. The summed E-state index contributed by atoms with van der Waals surface area (Å²) in [5.74, 6) is -0.00438. The van der Waals surface area contributed by atoms with Gasteiger partial charge in [-0.25, -0.2) is 4.98 Å². The minimum Gasteiger partial charge on any atom is -0.493 e. The average molecular weight is 574 g/mol. The van der Waals surface area contributed by atoms with E-state index in [-0.39, 0.29) is 23.0 Å². The molecule has 2 aromatic carbocycles. The van der Waals surface area contributed by atoms with Crippen molar-refractivity contribution in [1.82, 2.24) is 14.6 Å². The first-order valence-corrected chi connectivity index (χ1v) is 12.2. The number of hydrogen-bond donors (Lipinski definition) is 0. The van der Waals surface area contributed by atoms with Crippen molar-refractivity contribution in [3.05, 3.63) is 66.7 Å². The Bertz CT molecular complexity index is 1430. The number of morpholine rings is 1. The van der Waals surface area contributed by atoms with E-state index in [1.807, 2.05) is 6.92 Å². The molecule has 0 spiro atoms. The molecule has 1 amide bonds. The molecule has 0 unspecified atom stereocenters. The van der Waals surface area contributed by atoms with E-state index in [0.717, 1.165) is 4.47 Å². The molecule has 0 N–H and O–H groups in total. The molecule has 1 aromatic heterocycles. The Morgan fingerprint density at radius 2 is 2.05 bits per heavy atom. The monoisotopic (exact) mass is 573 g/mol. The van der Waals surface area contributed by atoms with Crippen LogP contribution < -0.4 is 15.0 Å². The smallest absolute Gasteiger partial charge is 0.315 e. The number of methoxy groups -OCH3 is 1. The van der Waals surface area contributed by atoms with Gasteiger partial charge in [0.15, 0.2) is 12.4 Å². The van der Waals surface area contributed by atoms with Crippen LogP contribution in [-0.2, 0) is 16.0 Å². The van der Waals surface area contributed by atoms with E-state index in [9.17, 15) is 19.7 Å². The maximum atomic E-state index is 13.1. The lowest BCUT2D eigenvalue weighted by molar-refractivity contribution is -0.385. The standard InChI is InChI=1S/C24H24BrN5O7/c1-3-21-27-18-5-4-16(25)12-17(18)24(32)29(21)26-13-15-10-19(30(33)34)23(20(11-15)35-2)37-14-22(31)28-6-8-36-9-7-28/h4-5,10-13H,3,6-9,14H2,1-2H3. The summed E-state index contributed by atoms with van der Waals surface area (Å²) in [4.78, 5) is 42.9. The second-order valence-corrected chi connectivity index (χ2v) is 8.93. The highest BCUT2D eigenvalue weighted by atomic mass is 79.9. The molecule has 4 rings (SSSR count). The Morgan fingerprint density at radius 1 is 1.30 bits per heavy atom. The number of carbonyl (C=O) groups is 1. The second-order valence-electron chi connectivity index (χ2n) is 8.01. The zero-order valence-electron chi connectivity index (χ0n) is 20.2. The SMILES string of the molecule is CCc1nc2ccc(Br)cc2c(=O)n1N=Cc1cc(OC)c(OCC(=O)N2CCOCC2)c([N+](=O)[O-])c1. The first kappa shape index (κ1) is 26.2. The minimum absolute atomic E-state index is 0.0501. The van der Waals surface area contributed by atoms with Gasteiger partial charge in [0.05, 0.1) is 42.4 Å². The predicted molar refractivity (Wildman–Crippen MR) is 139 cm³/mol. The van der Waals surface area contributed by atoms with Crippen molar-refractivity contribution < 1.29 is 23.9 Å². The quantitative estimate of drug-likeness (QED) is 0.228. The Kier molecular flexibility index (Phi) is 8.14. The normalized spacial score (nSPS) is 13.8. The van der Waals surface area contributed by atoms with Crippen molar-refractivity contribution in [3.63, 3.8) is 0 Å². The number of nitrogens with zero attached hydrogens (tertiary/aromatic N) is 5. The molecule has 1 saturated heterocycles. The molecule has 0 saturated carbocycles. The second kappa shape index (κ2) is 11.5. The molecule has 13 heteroatoms. The Balaban J connectivity index is 1.67. The van der Waals surface area contributed by atoms with Crippen molar-refractivity contribution in [3.8, 4) is 11.5 Å². The number of amides is 1. The van der Waals surface area contributed by atoms with Gasteiger partial charge in [-0.2, -0.15) is 9.78 Å². The summed E-state index contributed by atoms with van der Waals surface area (Å²) in [6.07, 6.45) is 1.75. The Hall–Kier alpha value is -3.84. The van der Waals surface area contributed by atoms with E-state index in [2.05, 4.69) is 26.0 Å². The summed E-state index contributed by atoms with van der Waals surface area (Å²) in [5, 5.41) is 16.5. The topological polar surface area (TPSA) is 138 Å². The van der Waals surface area contributed by atoms with Gasteiger partial charge < -0.3 is 19.1 Å². The first-order valence-electron chi connectivity index (χ1n) is 11.4. The number of aryl methyl sites for hydroxylation is 1. The number of fused-ring (bicyclic) bond motifs is 1. The molecule has 0 atom stereocenters. The van der Waals surface area contributed by atoms with Crippen LogP contribution in [0.5, 0.6) is 11.5 Å². The van der Waals surface area contributed by atoms with E-state index in [1.165, 1.54) is 30.1 Å². The summed E-state index contributed by atoms with van der Waals surface area (Å²) >= 11 is 3.36. The van der Waals surface area contributed by atoms with Crippen LogP contribution in [0.2, 0.25) is 0 Å². The van der Waals surface area contributed by atoms with Crippen molar-refractivity contribution in [2.24, 2.45) is 5.10 Å². The lowest BCUT2D eigenvalue weighted by Gasteiger charge is -2.26. The molecule has 1 aliphatic heterocycles. The number of aromatic nitrogens is 2. The maximum Gasteiger partial charge on any atom is 0.315 e. The fourth-order valence-corrected chi connectivity index (χ4v) is 4.18. The maximum absolute atomic E-state index is 13.1. The molecule has 2 heterocycles. The molecule has 3 aromatic rings. The van der Waals surface area contributed by atoms with Crippen LogP contribution in [0.3, 0.4) is 0 Å². The lowest BCUT2D eigenvalue weighted by atomic mass is 10.2. The van der Waals surface area contributed by atoms with Gasteiger partial charge in [-0.05, 0) is 24.3 Å². The Labute approximate surface area is 219 Å². The summed E-state index contributed by atoms with van der Waals surface area (Å²) in [7, 11) is 1.33. The summed E-state index contributed by atoms with van der Waals surface area (Å²) in [6.45, 7) is 3.16. The largest absolute Gasteiger partial charge is 0.493 e. The third-order valence-corrected chi connectivity index (χ3v) is 6.19. The molecule has 1 aliphatic rings. The number of benzene rings is 2. The van der Waals surface area contributed by atoms with E-state index in [1.54, 1.807) is 23.1 Å². The number of halogens is 1. The predicted octanol–water partition coefficient (Wildman–Crippen LogP) is 2.76. The summed E-state index contributed by atoms with van der Waals surface area (Å²) < 4.78 is 18.0. The average Bonchev–Trinajstić information content (AvgIpc) is 2.91. The van der Waals surface area contributed by atoms with Crippen LogP contribution in [0, 0.1) is 10.1 Å². The van der Waals surface area contributed by atoms with Gasteiger partial charge in [0.2, 0.25) is 5.75 Å². The fraction of sp³-hybridized carbons (Fsp3) is 0.333. The highest BCUT2D eigenvalue weighted by Crippen LogP contribution is 2.38. The van der Waals surface area contributed by atoms with Gasteiger partial charge in [0, 0.05) is 35.6 Å². The molecule has 1 fully saturated rings. The minimum atomic E-state index is -0.632. The van der Waals surface area contributed by atoms with E-state index < -0.39 is 17.2 Å². The third-order valence-electron chi connectivity index (χ3n) is 5.69. The van der Waals surface area contributed by atoms with Crippen molar-refractivity contribution in [1.29, 1.82) is 0 Å². The van der Waals surface area contributed by atoms with Crippen LogP contribution in [0.1, 0.15) is 18.3 Å². The van der Waals surface area contributed by atoms with Gasteiger partial charge in [-0.15, -0.1) is 0 Å². The molecule has 194 valence electrons. The van der Waals surface area contributed by atoms with Crippen molar-refractivity contribution in [2.45, 2.75) is 13.3 Å². The molecule has 37 heavy (non-hydrogen) atoms. The number of nitro benzene ring substituents is 1. The summed E-state index contributed by atoms with van der Waals surface area (Å²) in [6, 6.07) is 7.92. The van der Waals surface area contributed by atoms with Gasteiger partial charge in [-0.3, -0.25) is 19.7 Å². The van der Waals surface area contributed by atoms with Crippen LogP contribution in [0.25, 0.3) is 10.9 Å². The van der Waals surface area contributed by atoms with Gasteiger partial charge >= 0.3 is 5.69 Å². The number of carbonyl (C=O) groups excluding carboxylic acids is 1. The molecule has 12 nitrogen and oxygen atoms in total. The van der Waals surface area contributed by atoms with Gasteiger partial charge in [0.25, 0.3) is 11.5 Å². The lowest BCUT2D eigenvalue weighted by Crippen LogP contribution is -2.43. The third kappa shape index (κ3) is 5.78. The number of nitro groups is 1.